The van der Waals surface area contributed by atoms with Crippen molar-refractivity contribution in [2.75, 3.05) is 75.8 Å². The average molecular weight is 497 g/mol. The van der Waals surface area contributed by atoms with Crippen LogP contribution >= 0.6 is 0 Å². The van der Waals surface area contributed by atoms with Gasteiger partial charge in [-0.25, -0.2) is 0 Å². The van der Waals surface area contributed by atoms with E-state index in [1.165, 1.54) is 16.9 Å². The van der Waals surface area contributed by atoms with Gasteiger partial charge < -0.3 is 34.2 Å². The second-order valence-corrected chi connectivity index (χ2v) is 8.83. The van der Waals surface area contributed by atoms with Crippen molar-refractivity contribution >= 4 is 34.8 Å². The lowest BCUT2D eigenvalue weighted by atomic mass is 10.1. The summed E-state index contributed by atoms with van der Waals surface area (Å²) in [6.45, 7) is 3.18. The minimum absolute atomic E-state index is 0.0636. The molecule has 2 aromatic rings. The Labute approximate surface area is 210 Å². The predicted molar refractivity (Wildman–Crippen MR) is 136 cm³/mol. The molecule has 0 bridgehead atoms. The van der Waals surface area contributed by atoms with Crippen molar-refractivity contribution in [1.82, 2.24) is 4.90 Å². The van der Waals surface area contributed by atoms with Crippen molar-refractivity contribution in [2.24, 2.45) is 5.92 Å². The van der Waals surface area contributed by atoms with Crippen LogP contribution in [-0.2, 0) is 19.1 Å². The standard InChI is InChI=1S/C26H32N4O6/c1-28(17-24(31)27-19-4-6-20(7-5-19)29-10-12-36-13-11-29)26(33)18-14-25(32)30(16-18)22-15-21(34-2)8-9-23(22)35-3/h4-9,15,18H,10-14,16-17H2,1-3H3,(H,27,31). The van der Waals surface area contributed by atoms with Gasteiger partial charge in [-0.05, 0) is 36.4 Å². The van der Waals surface area contributed by atoms with Crippen molar-refractivity contribution in [1.29, 1.82) is 0 Å². The largest absolute Gasteiger partial charge is 0.497 e. The number of carbonyl (C=O) groups excluding carboxylic acids is 3. The van der Waals surface area contributed by atoms with E-state index >= 15 is 0 Å². The molecule has 2 aliphatic rings. The van der Waals surface area contributed by atoms with Gasteiger partial charge in [0.2, 0.25) is 17.7 Å². The fourth-order valence-electron chi connectivity index (χ4n) is 4.50. The summed E-state index contributed by atoms with van der Waals surface area (Å²) in [6, 6.07) is 12.8. The van der Waals surface area contributed by atoms with Gasteiger partial charge in [0.1, 0.15) is 11.5 Å². The van der Waals surface area contributed by atoms with Crippen molar-refractivity contribution in [2.45, 2.75) is 6.42 Å². The summed E-state index contributed by atoms with van der Waals surface area (Å²) in [5, 5.41) is 2.84. The van der Waals surface area contributed by atoms with Crippen LogP contribution in [0.15, 0.2) is 42.5 Å². The average Bonchev–Trinajstić information content (AvgIpc) is 3.29. The Hall–Kier alpha value is -3.79. The third kappa shape index (κ3) is 5.71. The summed E-state index contributed by atoms with van der Waals surface area (Å²) in [5.74, 6) is -0.201. The van der Waals surface area contributed by atoms with E-state index in [-0.39, 0.29) is 37.2 Å². The van der Waals surface area contributed by atoms with E-state index < -0.39 is 5.92 Å². The molecule has 36 heavy (non-hydrogen) atoms. The van der Waals surface area contributed by atoms with Gasteiger partial charge in [-0.2, -0.15) is 0 Å². The molecule has 0 radical (unpaired) electrons. The maximum Gasteiger partial charge on any atom is 0.243 e. The molecule has 1 N–H and O–H groups in total. The molecule has 1 atom stereocenters. The van der Waals surface area contributed by atoms with Crippen molar-refractivity contribution < 1.29 is 28.6 Å². The first-order valence-electron chi connectivity index (χ1n) is 11.9. The van der Waals surface area contributed by atoms with Gasteiger partial charge in [0.15, 0.2) is 0 Å². The molecular formula is C26H32N4O6. The van der Waals surface area contributed by atoms with Crippen LogP contribution in [0.1, 0.15) is 6.42 Å². The van der Waals surface area contributed by atoms with E-state index in [1.54, 1.807) is 32.4 Å². The highest BCUT2D eigenvalue weighted by Gasteiger charge is 2.38. The van der Waals surface area contributed by atoms with Crippen LogP contribution in [0.25, 0.3) is 0 Å². The molecule has 0 spiro atoms. The van der Waals surface area contributed by atoms with Gasteiger partial charge in [-0.15, -0.1) is 0 Å². The predicted octanol–water partition coefficient (Wildman–Crippen LogP) is 1.99. The van der Waals surface area contributed by atoms with Gasteiger partial charge in [-0.3, -0.25) is 14.4 Å². The molecule has 1 unspecified atom stereocenters. The molecule has 0 aromatic heterocycles. The highest BCUT2D eigenvalue weighted by Crippen LogP contribution is 2.36. The number of likely N-dealkylation sites (N-methyl/N-ethyl adjacent to an activating group) is 1. The van der Waals surface area contributed by atoms with E-state index in [2.05, 4.69) is 10.2 Å². The Morgan fingerprint density at radius 1 is 1.08 bits per heavy atom. The molecule has 2 aromatic carbocycles. The van der Waals surface area contributed by atoms with E-state index in [9.17, 15) is 14.4 Å². The zero-order valence-electron chi connectivity index (χ0n) is 20.9. The molecule has 3 amide bonds. The Morgan fingerprint density at radius 3 is 2.47 bits per heavy atom. The number of hydrogen-bond donors (Lipinski definition) is 1. The minimum atomic E-state index is -0.556. The zero-order valence-corrected chi connectivity index (χ0v) is 20.9. The van der Waals surface area contributed by atoms with Crippen LogP contribution < -0.4 is 24.6 Å². The normalized spacial score (nSPS) is 17.6. The molecule has 2 aliphatic heterocycles. The topological polar surface area (TPSA) is 101 Å². The van der Waals surface area contributed by atoms with Crippen LogP contribution in [0.4, 0.5) is 17.1 Å². The number of nitrogens with zero attached hydrogens (tertiary/aromatic N) is 3. The van der Waals surface area contributed by atoms with Crippen LogP contribution in [0.2, 0.25) is 0 Å². The lowest BCUT2D eigenvalue weighted by Gasteiger charge is -2.29. The first kappa shape index (κ1) is 25.3. The lowest BCUT2D eigenvalue weighted by molar-refractivity contribution is -0.137. The van der Waals surface area contributed by atoms with Crippen molar-refractivity contribution in [3.05, 3.63) is 42.5 Å². The summed E-state index contributed by atoms with van der Waals surface area (Å²) in [5.41, 5.74) is 2.29. The molecule has 4 rings (SSSR count). The summed E-state index contributed by atoms with van der Waals surface area (Å²) < 4.78 is 16.0. The van der Waals surface area contributed by atoms with Crippen molar-refractivity contribution in [3.8, 4) is 11.5 Å². The van der Waals surface area contributed by atoms with Gasteiger partial charge in [0, 0.05) is 50.5 Å². The lowest BCUT2D eigenvalue weighted by Crippen LogP contribution is -2.39. The van der Waals surface area contributed by atoms with E-state index in [0.29, 0.717) is 36.1 Å². The molecule has 2 saturated heterocycles. The minimum Gasteiger partial charge on any atom is -0.497 e. The number of amides is 3. The third-order valence-corrected chi connectivity index (χ3v) is 6.44. The monoisotopic (exact) mass is 496 g/mol. The SMILES string of the molecule is COc1ccc(OC)c(N2CC(C(=O)N(C)CC(=O)Nc3ccc(N4CCOCC4)cc3)CC2=O)c1. The van der Waals surface area contributed by atoms with E-state index in [0.717, 1.165) is 18.8 Å². The molecule has 0 aliphatic carbocycles. The maximum atomic E-state index is 13.0. The first-order chi connectivity index (χ1) is 17.4. The van der Waals surface area contributed by atoms with Gasteiger partial charge in [-0.1, -0.05) is 0 Å². The van der Waals surface area contributed by atoms with E-state index in [4.69, 9.17) is 14.2 Å². The number of morpholine rings is 1. The number of anilines is 3. The molecule has 2 heterocycles. The first-order valence-corrected chi connectivity index (χ1v) is 11.9. The Balaban J connectivity index is 1.33. The molecule has 10 heteroatoms. The molecule has 192 valence electrons. The second-order valence-electron chi connectivity index (χ2n) is 8.83. The number of benzene rings is 2. The van der Waals surface area contributed by atoms with Gasteiger partial charge in [0.25, 0.3) is 0 Å². The summed E-state index contributed by atoms with van der Waals surface area (Å²) in [6.07, 6.45) is 0.0636. The van der Waals surface area contributed by atoms with Gasteiger partial charge >= 0.3 is 0 Å². The zero-order chi connectivity index (χ0) is 25.7. The molecule has 10 nitrogen and oxygen atoms in total. The third-order valence-electron chi connectivity index (χ3n) is 6.44. The Bertz CT molecular complexity index is 1100. The Morgan fingerprint density at radius 2 is 1.81 bits per heavy atom. The summed E-state index contributed by atoms with van der Waals surface area (Å²) in [4.78, 5) is 43.5. The molecule has 2 fully saturated rings. The molecule has 0 saturated carbocycles. The Kier molecular flexibility index (Phi) is 7.94. The van der Waals surface area contributed by atoms with Crippen LogP contribution in [-0.4, -0.2) is 83.3 Å². The van der Waals surface area contributed by atoms with Gasteiger partial charge in [0.05, 0.1) is 45.6 Å². The fraction of sp³-hybridized carbons (Fsp3) is 0.423. The van der Waals surface area contributed by atoms with Crippen LogP contribution in [0.5, 0.6) is 11.5 Å². The summed E-state index contributed by atoms with van der Waals surface area (Å²) in [7, 11) is 4.64. The number of ether oxygens (including phenoxy) is 3. The van der Waals surface area contributed by atoms with Crippen molar-refractivity contribution in [3.63, 3.8) is 0 Å². The number of nitrogens with one attached hydrogen (secondary N) is 1. The number of rotatable bonds is 8. The van der Waals surface area contributed by atoms with Crippen LogP contribution in [0, 0.1) is 5.92 Å². The molecular weight excluding hydrogens is 464 g/mol. The van der Waals surface area contributed by atoms with Crippen LogP contribution in [0.3, 0.4) is 0 Å². The number of methoxy groups -OCH3 is 2. The maximum absolute atomic E-state index is 13.0. The quantitative estimate of drug-likeness (QED) is 0.597. The second kappa shape index (κ2) is 11.3. The smallest absolute Gasteiger partial charge is 0.243 e. The summed E-state index contributed by atoms with van der Waals surface area (Å²) >= 11 is 0. The fourth-order valence-corrected chi connectivity index (χ4v) is 4.50. The highest BCUT2D eigenvalue weighted by atomic mass is 16.5. The highest BCUT2D eigenvalue weighted by molar-refractivity contribution is 6.02. The van der Waals surface area contributed by atoms with E-state index in [1.807, 2.05) is 24.3 Å². The number of hydrogen-bond acceptors (Lipinski definition) is 7. The number of carbonyl (C=O) groups is 3.